The second-order valence-electron chi connectivity index (χ2n) is 9.85. The van der Waals surface area contributed by atoms with Gasteiger partial charge in [0.05, 0.1) is 11.6 Å². The molecular formula is C30H27O13+. The molecule has 1 saturated heterocycles. The molecule has 6 atom stereocenters. The van der Waals surface area contributed by atoms with Gasteiger partial charge in [-0.25, -0.2) is 4.42 Å². The zero-order valence-corrected chi connectivity index (χ0v) is 22.1. The average molecular weight is 596 g/mol. The number of carbonyl (C=O) groups is 1. The number of carbonyl (C=O) groups excluding carboxylic acids is 1. The van der Waals surface area contributed by atoms with Crippen molar-refractivity contribution in [2.24, 2.45) is 0 Å². The Morgan fingerprint density at radius 2 is 1.53 bits per heavy atom. The summed E-state index contributed by atoms with van der Waals surface area (Å²) in [6.45, 7) is 0. The fourth-order valence-corrected chi connectivity index (χ4v) is 4.52. The van der Waals surface area contributed by atoms with Gasteiger partial charge in [0.15, 0.2) is 17.3 Å². The Labute approximate surface area is 242 Å². The summed E-state index contributed by atoms with van der Waals surface area (Å²) in [6.07, 6.45) is -9.03. The number of aromatic hydroxyl groups is 5. The van der Waals surface area contributed by atoms with E-state index in [1.54, 1.807) is 0 Å². The van der Waals surface area contributed by atoms with E-state index in [0.717, 1.165) is 24.3 Å². The molecule has 2 heterocycles. The Kier molecular flexibility index (Phi) is 8.08. The number of ketones is 1. The maximum Gasteiger partial charge on any atom is 0.402 e. The van der Waals surface area contributed by atoms with Gasteiger partial charge in [-0.2, -0.15) is 0 Å². The number of ether oxygens (including phenoxy) is 2. The van der Waals surface area contributed by atoms with Gasteiger partial charge >= 0.3 is 11.3 Å². The molecule has 0 saturated carbocycles. The largest absolute Gasteiger partial charge is 0.508 e. The molecule has 224 valence electrons. The smallest absolute Gasteiger partial charge is 0.402 e. The van der Waals surface area contributed by atoms with Crippen LogP contribution in [0.15, 0.2) is 71.2 Å². The summed E-state index contributed by atoms with van der Waals surface area (Å²) in [5, 5.41) is 92.0. The molecular weight excluding hydrogens is 568 g/mol. The first-order valence-electron chi connectivity index (χ1n) is 12.8. The number of phenolic OH excluding ortho intramolecular Hbond substituents is 5. The van der Waals surface area contributed by atoms with Crippen LogP contribution in [0.1, 0.15) is 5.56 Å². The third kappa shape index (κ3) is 6.02. The highest BCUT2D eigenvalue weighted by molar-refractivity contribution is 5.97. The molecule has 0 radical (unpaired) electrons. The van der Waals surface area contributed by atoms with Crippen LogP contribution in [-0.4, -0.2) is 88.6 Å². The third-order valence-corrected chi connectivity index (χ3v) is 6.84. The van der Waals surface area contributed by atoms with E-state index in [0.29, 0.717) is 5.56 Å². The summed E-state index contributed by atoms with van der Waals surface area (Å²) in [4.78, 5) is 12.7. The van der Waals surface area contributed by atoms with Crippen LogP contribution in [0.4, 0.5) is 0 Å². The molecule has 5 rings (SSSR count). The molecule has 0 spiro atoms. The standard InChI is InChI=1S/C30H26O13/c31-15-5-1-13(2-6-15)3-7-19(34)24(37)29-26(39)25(38)27(40)30(43-29)42-23-12-17-20(35)10-16(32)11-22(17)41-28(23)14-4-8-18(33)21(36)9-14/h1-12,24-27,29-30,37-40H,(H4-,31,32,33,34,35,36)/p+1/t24?,25-,26+,27+,29+,30+/m0/s1. The van der Waals surface area contributed by atoms with Gasteiger partial charge in [0.1, 0.15) is 53.2 Å². The number of aliphatic hydroxyl groups is 4. The first kappa shape index (κ1) is 29.6. The van der Waals surface area contributed by atoms with Crippen LogP contribution < -0.4 is 4.74 Å². The Morgan fingerprint density at radius 3 is 2.23 bits per heavy atom. The molecule has 1 aromatic heterocycles. The van der Waals surface area contributed by atoms with Crippen LogP contribution in [-0.2, 0) is 9.53 Å². The predicted molar refractivity (Wildman–Crippen MR) is 148 cm³/mol. The van der Waals surface area contributed by atoms with Gasteiger partial charge in [-0.3, -0.25) is 4.79 Å². The van der Waals surface area contributed by atoms with E-state index >= 15 is 0 Å². The lowest BCUT2D eigenvalue weighted by atomic mass is 9.93. The van der Waals surface area contributed by atoms with Crippen molar-refractivity contribution in [3.63, 3.8) is 0 Å². The van der Waals surface area contributed by atoms with E-state index in [9.17, 15) is 50.8 Å². The highest BCUT2D eigenvalue weighted by Crippen LogP contribution is 2.42. The fourth-order valence-electron chi connectivity index (χ4n) is 4.52. The van der Waals surface area contributed by atoms with Crippen LogP contribution in [0.25, 0.3) is 28.4 Å². The molecule has 0 bridgehead atoms. The van der Waals surface area contributed by atoms with E-state index in [1.165, 1.54) is 48.5 Å². The van der Waals surface area contributed by atoms with Crippen molar-refractivity contribution < 1.29 is 64.6 Å². The SMILES string of the molecule is O=C(C=Cc1ccc(O)cc1)C(O)[C@H]1O[C@@H](Oc2cc3c(O)cc(O)cc3[o+]c2-c2ccc(O)c(O)c2)[C@H](O)[C@@H](O)[C@H]1O. The zero-order chi connectivity index (χ0) is 31.0. The monoisotopic (exact) mass is 595 g/mol. The Hall–Kier alpha value is -4.92. The summed E-state index contributed by atoms with van der Waals surface area (Å²) in [5.41, 5.74) is 0.629. The summed E-state index contributed by atoms with van der Waals surface area (Å²) >= 11 is 0. The van der Waals surface area contributed by atoms with Crippen molar-refractivity contribution in [3.05, 3.63) is 72.3 Å². The number of hydrogen-bond donors (Lipinski definition) is 9. The van der Waals surface area contributed by atoms with Crippen LogP contribution in [0.3, 0.4) is 0 Å². The normalized spacial score (nSPS) is 22.9. The van der Waals surface area contributed by atoms with E-state index in [1.807, 2.05) is 0 Å². The van der Waals surface area contributed by atoms with Gasteiger partial charge in [0, 0.05) is 18.2 Å². The second-order valence-corrected chi connectivity index (χ2v) is 9.85. The minimum absolute atomic E-state index is 0.0127. The van der Waals surface area contributed by atoms with E-state index in [2.05, 4.69) is 0 Å². The number of fused-ring (bicyclic) bond motifs is 1. The molecule has 1 aliphatic heterocycles. The molecule has 4 aromatic rings. The number of benzene rings is 3. The van der Waals surface area contributed by atoms with Crippen molar-refractivity contribution in [1.29, 1.82) is 0 Å². The van der Waals surface area contributed by atoms with Crippen LogP contribution in [0.5, 0.6) is 34.5 Å². The minimum Gasteiger partial charge on any atom is -0.508 e. The van der Waals surface area contributed by atoms with Gasteiger partial charge < -0.3 is 55.4 Å². The Morgan fingerprint density at radius 1 is 0.814 bits per heavy atom. The molecule has 3 aromatic carbocycles. The molecule has 0 amide bonds. The van der Waals surface area contributed by atoms with Crippen LogP contribution >= 0.6 is 0 Å². The first-order valence-corrected chi connectivity index (χ1v) is 12.8. The number of phenols is 5. The van der Waals surface area contributed by atoms with Crippen molar-refractivity contribution in [1.82, 2.24) is 0 Å². The van der Waals surface area contributed by atoms with Crippen molar-refractivity contribution in [2.75, 3.05) is 0 Å². The summed E-state index contributed by atoms with van der Waals surface area (Å²) in [7, 11) is 0. The lowest BCUT2D eigenvalue weighted by Gasteiger charge is -2.41. The lowest BCUT2D eigenvalue weighted by molar-refractivity contribution is -0.285. The van der Waals surface area contributed by atoms with Gasteiger partial charge in [-0.05, 0) is 35.9 Å². The number of hydrogen-bond acceptors (Lipinski definition) is 12. The van der Waals surface area contributed by atoms with Gasteiger partial charge in [0.25, 0.3) is 0 Å². The zero-order valence-electron chi connectivity index (χ0n) is 22.1. The third-order valence-electron chi connectivity index (χ3n) is 6.84. The topological polar surface area (TPSA) is 229 Å². The van der Waals surface area contributed by atoms with Gasteiger partial charge in [-0.15, -0.1) is 0 Å². The maximum absolute atomic E-state index is 12.7. The maximum atomic E-state index is 12.7. The van der Waals surface area contributed by atoms with E-state index in [4.69, 9.17) is 13.9 Å². The summed E-state index contributed by atoms with van der Waals surface area (Å²) in [5.74, 6) is -2.98. The minimum atomic E-state index is -2.02. The van der Waals surface area contributed by atoms with E-state index < -0.39 is 59.8 Å². The van der Waals surface area contributed by atoms with Gasteiger partial charge in [0.2, 0.25) is 12.0 Å². The number of aliphatic hydroxyl groups excluding tert-OH is 4. The van der Waals surface area contributed by atoms with Crippen LogP contribution in [0.2, 0.25) is 0 Å². The highest BCUT2D eigenvalue weighted by Gasteiger charge is 2.49. The predicted octanol–water partition coefficient (Wildman–Crippen LogP) is 1.74. The molecule has 1 unspecified atom stereocenters. The average Bonchev–Trinajstić information content (AvgIpc) is 2.98. The van der Waals surface area contributed by atoms with Gasteiger partial charge in [-0.1, -0.05) is 18.2 Å². The highest BCUT2D eigenvalue weighted by atomic mass is 16.7. The molecule has 1 fully saturated rings. The quantitative estimate of drug-likeness (QED) is 0.0843. The Bertz CT molecular complexity index is 1680. The Balaban J connectivity index is 1.47. The summed E-state index contributed by atoms with van der Waals surface area (Å²) in [6, 6.07) is 12.9. The summed E-state index contributed by atoms with van der Waals surface area (Å²) < 4.78 is 17.2. The van der Waals surface area contributed by atoms with Crippen molar-refractivity contribution in [3.8, 4) is 45.8 Å². The lowest BCUT2D eigenvalue weighted by Crippen LogP contribution is -2.63. The molecule has 0 aliphatic carbocycles. The second kappa shape index (κ2) is 11.8. The van der Waals surface area contributed by atoms with Crippen molar-refractivity contribution in [2.45, 2.75) is 36.8 Å². The first-order chi connectivity index (χ1) is 20.4. The molecule has 43 heavy (non-hydrogen) atoms. The fraction of sp³-hybridized carbons (Fsp3) is 0.200. The number of rotatable bonds is 7. The van der Waals surface area contributed by atoms with Crippen molar-refractivity contribution >= 4 is 22.8 Å². The molecule has 1 aliphatic rings. The van der Waals surface area contributed by atoms with Crippen LogP contribution in [0, 0.1) is 0 Å². The molecule has 9 N–H and O–H groups in total. The molecule has 13 heteroatoms. The molecule has 13 nitrogen and oxygen atoms in total. The van der Waals surface area contributed by atoms with E-state index in [-0.39, 0.29) is 39.5 Å².